The van der Waals surface area contributed by atoms with E-state index in [0.29, 0.717) is 6.04 Å². The Balaban J connectivity index is 2.10. The van der Waals surface area contributed by atoms with Gasteiger partial charge in [0, 0.05) is 19.1 Å². The minimum Gasteiger partial charge on any atom is -0.312 e. The molecule has 0 saturated carbocycles. The van der Waals surface area contributed by atoms with Crippen LogP contribution < -0.4 is 5.32 Å². The first-order valence-corrected chi connectivity index (χ1v) is 7.09. The number of piperidine rings is 1. The summed E-state index contributed by atoms with van der Waals surface area (Å²) in [7, 11) is 0. The Labute approximate surface area is 102 Å². The Kier molecular flexibility index (Phi) is 6.37. The molecule has 1 saturated heterocycles. The third kappa shape index (κ3) is 4.84. The van der Waals surface area contributed by atoms with E-state index in [-0.39, 0.29) is 0 Å². The summed E-state index contributed by atoms with van der Waals surface area (Å²) in [5, 5.41) is 3.69. The summed E-state index contributed by atoms with van der Waals surface area (Å²) in [5.74, 6) is 1.70. The Hall–Kier alpha value is -0.0800. The molecule has 0 radical (unpaired) electrons. The first-order valence-electron chi connectivity index (χ1n) is 7.09. The predicted molar refractivity (Wildman–Crippen MR) is 71.8 cm³/mol. The molecule has 1 heterocycles. The van der Waals surface area contributed by atoms with Gasteiger partial charge in [-0.05, 0) is 44.2 Å². The topological polar surface area (TPSA) is 15.3 Å². The molecule has 1 unspecified atom stereocenters. The monoisotopic (exact) mass is 226 g/mol. The minimum atomic E-state index is 0.698. The van der Waals surface area contributed by atoms with Crippen LogP contribution in [0.5, 0.6) is 0 Å². The van der Waals surface area contributed by atoms with Gasteiger partial charge in [-0.25, -0.2) is 0 Å². The molecule has 1 N–H and O–H groups in total. The molecular weight excluding hydrogens is 196 g/mol. The summed E-state index contributed by atoms with van der Waals surface area (Å²) < 4.78 is 0. The molecule has 0 bridgehead atoms. The molecule has 1 rings (SSSR count). The highest BCUT2D eigenvalue weighted by molar-refractivity contribution is 4.73. The van der Waals surface area contributed by atoms with Gasteiger partial charge in [-0.3, -0.25) is 0 Å². The lowest BCUT2D eigenvalue weighted by molar-refractivity contribution is 0.189. The van der Waals surface area contributed by atoms with Crippen LogP contribution in [0.3, 0.4) is 0 Å². The third-order valence-corrected chi connectivity index (χ3v) is 3.96. The Bertz CT molecular complexity index is 172. The fraction of sp³-hybridized carbons (Fsp3) is 1.00. The first-order chi connectivity index (χ1) is 7.63. The Morgan fingerprint density at radius 3 is 2.38 bits per heavy atom. The van der Waals surface area contributed by atoms with Crippen molar-refractivity contribution in [3.8, 4) is 0 Å². The van der Waals surface area contributed by atoms with E-state index < -0.39 is 0 Å². The van der Waals surface area contributed by atoms with Crippen molar-refractivity contribution in [2.75, 3.05) is 26.2 Å². The number of hydrogen-bond acceptors (Lipinski definition) is 2. The van der Waals surface area contributed by atoms with E-state index in [1.165, 1.54) is 38.9 Å². The second-order valence-corrected chi connectivity index (χ2v) is 5.74. The second-order valence-electron chi connectivity index (χ2n) is 5.74. The quantitative estimate of drug-likeness (QED) is 0.749. The molecule has 0 amide bonds. The van der Waals surface area contributed by atoms with Crippen molar-refractivity contribution in [2.24, 2.45) is 11.8 Å². The van der Waals surface area contributed by atoms with Gasteiger partial charge >= 0.3 is 0 Å². The number of rotatable bonds is 6. The van der Waals surface area contributed by atoms with E-state index in [0.717, 1.165) is 18.4 Å². The molecule has 1 aliphatic heterocycles. The second kappa shape index (κ2) is 7.29. The van der Waals surface area contributed by atoms with Gasteiger partial charge < -0.3 is 10.2 Å². The fourth-order valence-corrected chi connectivity index (χ4v) is 2.55. The molecule has 0 aromatic carbocycles. The van der Waals surface area contributed by atoms with Crippen LogP contribution in [0, 0.1) is 11.8 Å². The van der Waals surface area contributed by atoms with Crippen LogP contribution in [-0.2, 0) is 0 Å². The Morgan fingerprint density at radius 1 is 1.25 bits per heavy atom. The highest BCUT2D eigenvalue weighted by Crippen LogP contribution is 2.15. The summed E-state index contributed by atoms with van der Waals surface area (Å²) in [6, 6.07) is 0.698. The van der Waals surface area contributed by atoms with E-state index in [1.807, 2.05) is 0 Å². The van der Waals surface area contributed by atoms with Gasteiger partial charge in [0.05, 0.1) is 0 Å². The normalized spacial score (nSPS) is 21.6. The van der Waals surface area contributed by atoms with Gasteiger partial charge in [-0.15, -0.1) is 0 Å². The van der Waals surface area contributed by atoms with Crippen molar-refractivity contribution in [1.29, 1.82) is 0 Å². The summed E-state index contributed by atoms with van der Waals surface area (Å²) in [6.45, 7) is 14.3. The maximum atomic E-state index is 3.69. The smallest absolute Gasteiger partial charge is 0.0107 e. The SMILES string of the molecule is CCC(NCCN1CCC(C)CC1)C(C)C. The van der Waals surface area contributed by atoms with E-state index in [1.54, 1.807) is 0 Å². The molecule has 0 aromatic heterocycles. The highest BCUT2D eigenvalue weighted by atomic mass is 15.1. The van der Waals surface area contributed by atoms with Gasteiger partial charge in [-0.1, -0.05) is 27.7 Å². The van der Waals surface area contributed by atoms with Crippen LogP contribution in [-0.4, -0.2) is 37.1 Å². The largest absolute Gasteiger partial charge is 0.312 e. The van der Waals surface area contributed by atoms with Crippen molar-refractivity contribution >= 4 is 0 Å². The molecule has 2 heteroatoms. The van der Waals surface area contributed by atoms with Gasteiger partial charge in [0.15, 0.2) is 0 Å². The van der Waals surface area contributed by atoms with Gasteiger partial charge in [0.25, 0.3) is 0 Å². The molecule has 1 aliphatic rings. The number of hydrogen-bond donors (Lipinski definition) is 1. The number of nitrogens with one attached hydrogen (secondary N) is 1. The molecule has 0 aliphatic carbocycles. The molecule has 2 nitrogen and oxygen atoms in total. The zero-order chi connectivity index (χ0) is 12.0. The van der Waals surface area contributed by atoms with E-state index in [9.17, 15) is 0 Å². The molecule has 0 aromatic rings. The molecule has 1 atom stereocenters. The lowest BCUT2D eigenvalue weighted by Gasteiger charge is -2.31. The van der Waals surface area contributed by atoms with Crippen molar-refractivity contribution in [1.82, 2.24) is 10.2 Å². The minimum absolute atomic E-state index is 0.698. The van der Waals surface area contributed by atoms with Gasteiger partial charge in [-0.2, -0.15) is 0 Å². The van der Waals surface area contributed by atoms with Crippen molar-refractivity contribution in [2.45, 2.75) is 53.0 Å². The summed E-state index contributed by atoms with van der Waals surface area (Å²) >= 11 is 0. The predicted octanol–water partition coefficient (Wildman–Crippen LogP) is 2.74. The molecular formula is C14H30N2. The lowest BCUT2D eigenvalue weighted by Crippen LogP contribution is -2.41. The van der Waals surface area contributed by atoms with Crippen molar-refractivity contribution in [3.05, 3.63) is 0 Å². The average Bonchev–Trinajstić information content (AvgIpc) is 2.26. The van der Waals surface area contributed by atoms with Crippen LogP contribution in [0.15, 0.2) is 0 Å². The number of likely N-dealkylation sites (tertiary alicyclic amines) is 1. The van der Waals surface area contributed by atoms with E-state index in [4.69, 9.17) is 0 Å². The zero-order valence-corrected chi connectivity index (χ0v) is 11.6. The molecule has 1 fully saturated rings. The first kappa shape index (κ1) is 14.0. The lowest BCUT2D eigenvalue weighted by atomic mass is 9.99. The van der Waals surface area contributed by atoms with Crippen LogP contribution in [0.25, 0.3) is 0 Å². The van der Waals surface area contributed by atoms with Crippen LogP contribution in [0.2, 0.25) is 0 Å². The third-order valence-electron chi connectivity index (χ3n) is 3.96. The molecule has 96 valence electrons. The highest BCUT2D eigenvalue weighted by Gasteiger charge is 2.15. The van der Waals surface area contributed by atoms with E-state index >= 15 is 0 Å². The molecule has 0 spiro atoms. The molecule has 16 heavy (non-hydrogen) atoms. The zero-order valence-electron chi connectivity index (χ0n) is 11.6. The summed E-state index contributed by atoms with van der Waals surface area (Å²) in [4.78, 5) is 2.61. The van der Waals surface area contributed by atoms with Gasteiger partial charge in [0.1, 0.15) is 0 Å². The summed E-state index contributed by atoms with van der Waals surface area (Å²) in [5.41, 5.74) is 0. The van der Waals surface area contributed by atoms with Crippen LogP contribution in [0.4, 0.5) is 0 Å². The summed E-state index contributed by atoms with van der Waals surface area (Å²) in [6.07, 6.45) is 4.03. The maximum absolute atomic E-state index is 3.69. The Morgan fingerprint density at radius 2 is 1.88 bits per heavy atom. The standard InChI is InChI=1S/C14H30N2/c1-5-14(12(2)3)15-8-11-16-9-6-13(4)7-10-16/h12-15H,5-11H2,1-4H3. The van der Waals surface area contributed by atoms with Crippen molar-refractivity contribution in [3.63, 3.8) is 0 Å². The van der Waals surface area contributed by atoms with Crippen LogP contribution in [0.1, 0.15) is 47.0 Å². The van der Waals surface area contributed by atoms with Crippen LogP contribution >= 0.6 is 0 Å². The fourth-order valence-electron chi connectivity index (χ4n) is 2.55. The van der Waals surface area contributed by atoms with E-state index in [2.05, 4.69) is 37.9 Å². The number of nitrogens with zero attached hydrogens (tertiary/aromatic N) is 1. The van der Waals surface area contributed by atoms with Gasteiger partial charge in [0.2, 0.25) is 0 Å². The van der Waals surface area contributed by atoms with Crippen molar-refractivity contribution < 1.29 is 0 Å². The average molecular weight is 226 g/mol. The maximum Gasteiger partial charge on any atom is 0.0107 e.